The zero-order valence-corrected chi connectivity index (χ0v) is 35.0. The molecule has 0 bridgehead atoms. The standard InChI is InChI=1S/C49H79NO5/c1-4-7-10-13-16-19-21-23-25-26-29-31-34-37-40-45(55-49(54)42-39-36-33-30-27-24-22-20-17-14-11-8-5-2)43-48(53)50-46(44-51)47(52)41-38-35-32-28-18-15-12-9-6-3/h7-8,10-11,14,16-17,19-20,22-25,27,29,31,37,40,45-47,51-52H,4-6,9,12-13,15,18,21,26,28,30,32-36,38-39,41-44H2,1-3H3,(H,50,53)/b10-7+,11-8+,17-14+,19-16+,22-20-,25-23+,27-24-,31-29+,40-37+. The van der Waals surface area contributed by atoms with Gasteiger partial charge >= 0.3 is 5.97 Å². The van der Waals surface area contributed by atoms with Crippen molar-refractivity contribution in [1.29, 1.82) is 0 Å². The van der Waals surface area contributed by atoms with Gasteiger partial charge in [-0.1, -0.05) is 188 Å². The van der Waals surface area contributed by atoms with Crippen LogP contribution in [0.25, 0.3) is 0 Å². The molecular weight excluding hydrogens is 683 g/mol. The maximum atomic E-state index is 13.1. The largest absolute Gasteiger partial charge is 0.458 e. The number of nitrogens with one attached hydrogen (secondary N) is 1. The van der Waals surface area contributed by atoms with E-state index in [4.69, 9.17) is 4.74 Å². The van der Waals surface area contributed by atoms with Crippen molar-refractivity contribution in [3.8, 4) is 0 Å². The lowest BCUT2D eigenvalue weighted by molar-refractivity contribution is -0.148. The topological polar surface area (TPSA) is 95.9 Å². The van der Waals surface area contributed by atoms with E-state index in [9.17, 15) is 19.8 Å². The molecule has 0 saturated carbocycles. The number of esters is 1. The fourth-order valence-corrected chi connectivity index (χ4v) is 5.69. The Hall–Kier alpha value is -3.48. The van der Waals surface area contributed by atoms with Crippen molar-refractivity contribution in [3.63, 3.8) is 0 Å². The number of amides is 1. The van der Waals surface area contributed by atoms with Crippen molar-refractivity contribution in [1.82, 2.24) is 5.32 Å². The zero-order chi connectivity index (χ0) is 40.3. The summed E-state index contributed by atoms with van der Waals surface area (Å²) in [5, 5.41) is 23.5. The minimum atomic E-state index is -0.830. The van der Waals surface area contributed by atoms with Gasteiger partial charge in [-0.3, -0.25) is 9.59 Å². The quantitative estimate of drug-likeness (QED) is 0.0256. The first-order chi connectivity index (χ1) is 27.0. The molecule has 0 spiro atoms. The Morgan fingerprint density at radius 3 is 1.67 bits per heavy atom. The minimum Gasteiger partial charge on any atom is -0.458 e. The normalized spacial score (nSPS) is 14.5. The van der Waals surface area contributed by atoms with E-state index in [1.165, 1.54) is 38.5 Å². The molecule has 0 radical (unpaired) electrons. The lowest BCUT2D eigenvalue weighted by Gasteiger charge is -2.23. The average Bonchev–Trinajstić information content (AvgIpc) is 3.18. The predicted octanol–water partition coefficient (Wildman–Crippen LogP) is 12.4. The molecule has 0 saturated heterocycles. The Morgan fingerprint density at radius 1 is 0.582 bits per heavy atom. The van der Waals surface area contributed by atoms with E-state index in [1.807, 2.05) is 42.5 Å². The van der Waals surface area contributed by atoms with Crippen LogP contribution in [0.2, 0.25) is 0 Å². The highest BCUT2D eigenvalue weighted by Crippen LogP contribution is 2.14. The lowest BCUT2D eigenvalue weighted by atomic mass is 10.0. The second kappa shape index (κ2) is 41.7. The number of ether oxygens (including phenoxy) is 1. The first kappa shape index (κ1) is 51.5. The third kappa shape index (κ3) is 37.2. The van der Waals surface area contributed by atoms with E-state index in [0.29, 0.717) is 19.3 Å². The molecule has 3 unspecified atom stereocenters. The second-order valence-corrected chi connectivity index (χ2v) is 14.1. The molecule has 0 heterocycles. The number of carbonyl (C=O) groups is 2. The van der Waals surface area contributed by atoms with Crippen LogP contribution in [0.4, 0.5) is 0 Å². The Morgan fingerprint density at radius 2 is 1.09 bits per heavy atom. The lowest BCUT2D eigenvalue weighted by Crippen LogP contribution is -2.46. The number of carbonyl (C=O) groups excluding carboxylic acids is 2. The number of aliphatic hydroxyl groups excluding tert-OH is 2. The SMILES string of the molecule is CC/C=C/C=C/C=C\C=C/CCCCCC(=O)OC(/C=C/C/C=C/C/C=C/C/C=C/C/C=C/CC)CC(=O)NC(CO)C(O)CCCCCCCCCCC. The van der Waals surface area contributed by atoms with E-state index in [-0.39, 0.29) is 24.9 Å². The Bertz CT molecular complexity index is 1170. The summed E-state index contributed by atoms with van der Waals surface area (Å²) in [6, 6.07) is -0.754. The summed E-state index contributed by atoms with van der Waals surface area (Å²) < 4.78 is 5.76. The van der Waals surface area contributed by atoms with E-state index < -0.39 is 18.2 Å². The van der Waals surface area contributed by atoms with E-state index in [1.54, 1.807) is 6.08 Å². The van der Waals surface area contributed by atoms with Crippen LogP contribution < -0.4 is 5.32 Å². The summed E-state index contributed by atoms with van der Waals surface area (Å²) in [6.07, 6.45) is 56.1. The monoisotopic (exact) mass is 762 g/mol. The van der Waals surface area contributed by atoms with Crippen LogP contribution in [0.3, 0.4) is 0 Å². The smallest absolute Gasteiger partial charge is 0.306 e. The van der Waals surface area contributed by atoms with Gasteiger partial charge in [-0.2, -0.15) is 0 Å². The molecule has 0 aliphatic heterocycles. The molecule has 1 amide bonds. The number of aliphatic hydroxyl groups is 2. The summed E-state index contributed by atoms with van der Waals surface area (Å²) >= 11 is 0. The number of unbranched alkanes of at least 4 members (excludes halogenated alkanes) is 11. The van der Waals surface area contributed by atoms with Crippen LogP contribution in [0.5, 0.6) is 0 Å². The minimum absolute atomic E-state index is 0.0694. The van der Waals surface area contributed by atoms with Crippen LogP contribution in [-0.4, -0.2) is 46.9 Å². The van der Waals surface area contributed by atoms with Crippen molar-refractivity contribution in [2.75, 3.05) is 6.61 Å². The van der Waals surface area contributed by atoms with Crippen LogP contribution >= 0.6 is 0 Å². The Kier molecular flexibility index (Phi) is 39.0. The molecule has 0 aromatic heterocycles. The van der Waals surface area contributed by atoms with Gasteiger partial charge in [0.25, 0.3) is 0 Å². The van der Waals surface area contributed by atoms with Crippen LogP contribution in [-0.2, 0) is 14.3 Å². The van der Waals surface area contributed by atoms with Gasteiger partial charge in [-0.25, -0.2) is 0 Å². The van der Waals surface area contributed by atoms with Crippen molar-refractivity contribution < 1.29 is 24.5 Å². The fourth-order valence-electron chi connectivity index (χ4n) is 5.69. The molecule has 55 heavy (non-hydrogen) atoms. The zero-order valence-electron chi connectivity index (χ0n) is 35.0. The average molecular weight is 762 g/mol. The third-order valence-electron chi connectivity index (χ3n) is 8.94. The molecule has 0 aliphatic carbocycles. The van der Waals surface area contributed by atoms with Crippen molar-refractivity contribution in [2.24, 2.45) is 0 Å². The molecule has 6 heteroatoms. The van der Waals surface area contributed by atoms with Gasteiger partial charge in [0.05, 0.1) is 25.2 Å². The van der Waals surface area contributed by atoms with Gasteiger partial charge in [-0.05, 0) is 70.3 Å². The van der Waals surface area contributed by atoms with E-state index >= 15 is 0 Å². The third-order valence-corrected chi connectivity index (χ3v) is 8.94. The predicted molar refractivity (Wildman–Crippen MR) is 236 cm³/mol. The van der Waals surface area contributed by atoms with E-state index in [2.05, 4.69) is 86.8 Å². The molecule has 6 nitrogen and oxygen atoms in total. The molecule has 0 rings (SSSR count). The Balaban J connectivity index is 4.91. The Labute approximate surface area is 337 Å². The van der Waals surface area contributed by atoms with Gasteiger partial charge in [0.15, 0.2) is 0 Å². The number of hydrogen-bond donors (Lipinski definition) is 3. The first-order valence-corrected chi connectivity index (χ1v) is 21.7. The highest BCUT2D eigenvalue weighted by molar-refractivity contribution is 5.78. The number of rotatable bonds is 36. The maximum Gasteiger partial charge on any atom is 0.306 e. The first-order valence-electron chi connectivity index (χ1n) is 21.7. The van der Waals surface area contributed by atoms with Gasteiger partial charge < -0.3 is 20.3 Å². The summed E-state index contributed by atoms with van der Waals surface area (Å²) in [7, 11) is 0. The molecule has 3 N–H and O–H groups in total. The van der Waals surface area contributed by atoms with Crippen LogP contribution in [0.1, 0.15) is 162 Å². The van der Waals surface area contributed by atoms with Gasteiger partial charge in [-0.15, -0.1) is 0 Å². The molecule has 3 atom stereocenters. The highest BCUT2D eigenvalue weighted by atomic mass is 16.5. The molecular formula is C49H79NO5. The summed E-state index contributed by atoms with van der Waals surface area (Å²) in [6.45, 7) is 6.12. The number of hydrogen-bond acceptors (Lipinski definition) is 5. The maximum absolute atomic E-state index is 13.1. The molecule has 0 aromatic carbocycles. The van der Waals surface area contributed by atoms with Gasteiger partial charge in [0, 0.05) is 6.42 Å². The fraction of sp³-hybridized carbons (Fsp3) is 0.592. The molecule has 0 fully saturated rings. The number of allylic oxidation sites excluding steroid dienone is 17. The summed E-state index contributed by atoms with van der Waals surface area (Å²) in [4.78, 5) is 25.9. The molecule has 0 aromatic rings. The highest BCUT2D eigenvalue weighted by Gasteiger charge is 2.23. The van der Waals surface area contributed by atoms with E-state index in [0.717, 1.165) is 77.0 Å². The summed E-state index contributed by atoms with van der Waals surface area (Å²) in [5.41, 5.74) is 0. The van der Waals surface area contributed by atoms with Gasteiger partial charge in [0.2, 0.25) is 5.91 Å². The molecule has 310 valence electrons. The van der Waals surface area contributed by atoms with Crippen molar-refractivity contribution in [3.05, 3.63) is 109 Å². The van der Waals surface area contributed by atoms with Crippen LogP contribution in [0.15, 0.2) is 109 Å². The molecule has 0 aliphatic rings. The second-order valence-electron chi connectivity index (χ2n) is 14.1. The van der Waals surface area contributed by atoms with Gasteiger partial charge in [0.1, 0.15) is 6.10 Å². The van der Waals surface area contributed by atoms with Crippen LogP contribution in [0, 0.1) is 0 Å². The summed E-state index contributed by atoms with van der Waals surface area (Å²) in [5.74, 6) is -0.692. The van der Waals surface area contributed by atoms with Crippen molar-refractivity contribution in [2.45, 2.75) is 180 Å². The van der Waals surface area contributed by atoms with Crippen molar-refractivity contribution >= 4 is 11.9 Å².